The van der Waals surface area contributed by atoms with Gasteiger partial charge in [-0.1, -0.05) is 30.3 Å². The van der Waals surface area contributed by atoms with E-state index in [0.29, 0.717) is 52.5 Å². The molecule has 0 bridgehead atoms. The van der Waals surface area contributed by atoms with Gasteiger partial charge in [0.1, 0.15) is 0 Å². The largest absolute Gasteiger partial charge is 0.379 e. The van der Waals surface area contributed by atoms with E-state index in [0.717, 1.165) is 6.54 Å². The highest BCUT2D eigenvalue weighted by Gasteiger charge is 2.28. The number of ether oxygens (including phenoxy) is 1. The Balaban J connectivity index is 1.23. The molecule has 36 heavy (non-hydrogen) atoms. The van der Waals surface area contributed by atoms with E-state index in [1.165, 1.54) is 38.4 Å². The fraction of sp³-hybridized carbons (Fsp3) is 0.458. The number of morpholine rings is 1. The minimum Gasteiger partial charge on any atom is -0.379 e. The number of hydrogen-bond acceptors (Lipinski definition) is 7. The lowest BCUT2D eigenvalue weighted by Crippen LogP contribution is -2.49. The number of nitrogens with one attached hydrogen (secondary N) is 1. The Morgan fingerprint density at radius 2 is 1.44 bits per heavy atom. The number of benzene rings is 2. The molecule has 1 N–H and O–H groups in total. The number of carbonyl (C=O) groups excluding carboxylic acids is 1. The highest BCUT2D eigenvalue weighted by atomic mass is 32.2. The zero-order chi connectivity index (χ0) is 25.6. The fourth-order valence-corrected chi connectivity index (χ4v) is 6.99. The van der Waals surface area contributed by atoms with Crippen LogP contribution in [0.1, 0.15) is 15.9 Å². The van der Waals surface area contributed by atoms with Gasteiger partial charge >= 0.3 is 0 Å². The topological polar surface area (TPSA) is 116 Å². The quantitative estimate of drug-likeness (QED) is 0.499. The Bertz CT molecular complexity index is 1220. The van der Waals surface area contributed by atoms with Gasteiger partial charge in [0, 0.05) is 57.9 Å². The SMILES string of the molecule is O=C(NCCS(=O)(=O)N1CCN(Cc2ccccc2)CC1)c1ccc(S(=O)(=O)N2CCOCC2)cc1. The first-order valence-electron chi connectivity index (χ1n) is 12.0. The first-order valence-corrected chi connectivity index (χ1v) is 15.0. The summed E-state index contributed by atoms with van der Waals surface area (Å²) in [6.45, 7) is 4.20. The van der Waals surface area contributed by atoms with Crippen molar-refractivity contribution >= 4 is 26.0 Å². The molecule has 2 aromatic carbocycles. The predicted octanol–water partition coefficient (Wildman–Crippen LogP) is 0.585. The molecule has 2 fully saturated rings. The Morgan fingerprint density at radius 1 is 0.806 bits per heavy atom. The van der Waals surface area contributed by atoms with Crippen molar-refractivity contribution in [3.63, 3.8) is 0 Å². The third-order valence-electron chi connectivity index (χ3n) is 6.34. The van der Waals surface area contributed by atoms with Gasteiger partial charge in [0.25, 0.3) is 5.91 Å². The maximum atomic E-state index is 12.7. The van der Waals surface area contributed by atoms with Crippen molar-refractivity contribution in [1.29, 1.82) is 0 Å². The van der Waals surface area contributed by atoms with Gasteiger partial charge in [-0.3, -0.25) is 9.69 Å². The second-order valence-electron chi connectivity index (χ2n) is 8.77. The molecule has 0 saturated carbocycles. The maximum Gasteiger partial charge on any atom is 0.251 e. The van der Waals surface area contributed by atoms with Gasteiger partial charge in [0.2, 0.25) is 20.0 Å². The van der Waals surface area contributed by atoms with Crippen LogP contribution < -0.4 is 5.32 Å². The zero-order valence-corrected chi connectivity index (χ0v) is 21.7. The lowest BCUT2D eigenvalue weighted by atomic mass is 10.2. The third-order valence-corrected chi connectivity index (χ3v) is 10.1. The van der Waals surface area contributed by atoms with Crippen molar-refractivity contribution in [2.75, 3.05) is 64.8 Å². The molecule has 4 rings (SSSR count). The highest BCUT2D eigenvalue weighted by molar-refractivity contribution is 7.89. The summed E-state index contributed by atoms with van der Waals surface area (Å²) in [5.41, 5.74) is 1.46. The Kier molecular flexibility index (Phi) is 8.75. The van der Waals surface area contributed by atoms with Gasteiger partial charge in [0.15, 0.2) is 0 Å². The molecule has 1 amide bonds. The van der Waals surface area contributed by atoms with Crippen LogP contribution in [0.3, 0.4) is 0 Å². The predicted molar refractivity (Wildman–Crippen MR) is 135 cm³/mol. The van der Waals surface area contributed by atoms with Crippen molar-refractivity contribution in [2.45, 2.75) is 11.4 Å². The van der Waals surface area contributed by atoms with E-state index < -0.39 is 26.0 Å². The number of sulfonamides is 2. The lowest BCUT2D eigenvalue weighted by molar-refractivity contribution is 0.0730. The van der Waals surface area contributed by atoms with Crippen LogP contribution in [-0.2, 0) is 31.3 Å². The van der Waals surface area contributed by atoms with Crippen molar-refractivity contribution in [3.8, 4) is 0 Å². The summed E-state index contributed by atoms with van der Waals surface area (Å²) in [7, 11) is -7.14. The van der Waals surface area contributed by atoms with Crippen LogP contribution in [-0.4, -0.2) is 101 Å². The summed E-state index contributed by atoms with van der Waals surface area (Å²) in [5.74, 6) is -0.644. The summed E-state index contributed by atoms with van der Waals surface area (Å²) in [6, 6.07) is 15.7. The van der Waals surface area contributed by atoms with Crippen molar-refractivity contribution in [1.82, 2.24) is 18.8 Å². The van der Waals surface area contributed by atoms with Gasteiger partial charge in [-0.05, 0) is 29.8 Å². The number of nitrogens with zero attached hydrogens (tertiary/aromatic N) is 3. The van der Waals surface area contributed by atoms with E-state index in [1.54, 1.807) is 0 Å². The van der Waals surface area contributed by atoms with Crippen LogP contribution in [0.25, 0.3) is 0 Å². The summed E-state index contributed by atoms with van der Waals surface area (Å²) < 4.78 is 59.0. The molecule has 0 unspecified atom stereocenters. The molecule has 2 aromatic rings. The molecule has 2 heterocycles. The maximum absolute atomic E-state index is 12.7. The summed E-state index contributed by atoms with van der Waals surface area (Å²) in [6.07, 6.45) is 0. The number of carbonyl (C=O) groups is 1. The molecule has 2 aliphatic rings. The average Bonchev–Trinajstić information content (AvgIpc) is 2.90. The normalized spacial score (nSPS) is 18.7. The summed E-state index contributed by atoms with van der Waals surface area (Å²) in [4.78, 5) is 14.8. The second kappa shape index (κ2) is 11.8. The number of rotatable bonds is 9. The van der Waals surface area contributed by atoms with E-state index >= 15 is 0 Å². The van der Waals surface area contributed by atoms with Crippen LogP contribution >= 0.6 is 0 Å². The number of piperazine rings is 1. The molecule has 0 atom stereocenters. The molecule has 2 saturated heterocycles. The van der Waals surface area contributed by atoms with Crippen molar-refractivity contribution in [2.24, 2.45) is 0 Å². The van der Waals surface area contributed by atoms with E-state index in [1.807, 2.05) is 18.2 Å². The van der Waals surface area contributed by atoms with Gasteiger partial charge in [0.05, 0.1) is 23.9 Å². The molecule has 12 heteroatoms. The standard InChI is InChI=1S/C24H32N4O6S2/c29-24(22-6-8-23(9-7-22)36(32,33)28-15-17-34-18-16-28)25-10-19-35(30,31)27-13-11-26(12-14-27)20-21-4-2-1-3-5-21/h1-9H,10-20H2,(H,25,29). The van der Waals surface area contributed by atoms with Crippen LogP contribution in [0.4, 0.5) is 0 Å². The first-order chi connectivity index (χ1) is 17.3. The van der Waals surface area contributed by atoms with E-state index in [4.69, 9.17) is 4.74 Å². The number of hydrogen-bond donors (Lipinski definition) is 1. The smallest absolute Gasteiger partial charge is 0.251 e. The monoisotopic (exact) mass is 536 g/mol. The average molecular weight is 537 g/mol. The molecular formula is C24H32N4O6S2. The summed E-state index contributed by atoms with van der Waals surface area (Å²) >= 11 is 0. The molecule has 0 radical (unpaired) electrons. The molecular weight excluding hydrogens is 504 g/mol. The van der Waals surface area contributed by atoms with Crippen LogP contribution in [0, 0.1) is 0 Å². The van der Waals surface area contributed by atoms with Gasteiger partial charge in [-0.15, -0.1) is 0 Å². The zero-order valence-electron chi connectivity index (χ0n) is 20.1. The summed E-state index contributed by atoms with van der Waals surface area (Å²) in [5, 5.41) is 2.63. The molecule has 0 aromatic heterocycles. The molecule has 2 aliphatic heterocycles. The highest BCUT2D eigenvalue weighted by Crippen LogP contribution is 2.18. The van der Waals surface area contributed by atoms with Crippen LogP contribution in [0.2, 0.25) is 0 Å². The Labute approximate surface area is 212 Å². The lowest BCUT2D eigenvalue weighted by Gasteiger charge is -2.34. The van der Waals surface area contributed by atoms with E-state index in [9.17, 15) is 21.6 Å². The fourth-order valence-electron chi connectivity index (χ4n) is 4.25. The van der Waals surface area contributed by atoms with E-state index in [2.05, 4.69) is 22.3 Å². The van der Waals surface area contributed by atoms with Crippen LogP contribution in [0.5, 0.6) is 0 Å². The molecule has 0 spiro atoms. The molecule has 0 aliphatic carbocycles. The third kappa shape index (κ3) is 6.69. The van der Waals surface area contributed by atoms with Gasteiger partial charge in [-0.2, -0.15) is 8.61 Å². The number of amides is 1. The van der Waals surface area contributed by atoms with E-state index in [-0.39, 0.29) is 22.8 Å². The molecule has 10 nitrogen and oxygen atoms in total. The molecule has 196 valence electrons. The van der Waals surface area contributed by atoms with Gasteiger partial charge in [-0.25, -0.2) is 16.8 Å². The van der Waals surface area contributed by atoms with Crippen molar-refractivity contribution in [3.05, 3.63) is 65.7 Å². The van der Waals surface area contributed by atoms with Crippen LogP contribution in [0.15, 0.2) is 59.5 Å². The Morgan fingerprint density at radius 3 is 2.08 bits per heavy atom. The Hall–Kier alpha value is -2.35. The minimum atomic E-state index is -3.64. The van der Waals surface area contributed by atoms with Gasteiger partial charge < -0.3 is 10.1 Å². The first kappa shape index (κ1) is 26.7. The second-order valence-corrected chi connectivity index (χ2v) is 12.8. The minimum absolute atomic E-state index is 0.0285. The van der Waals surface area contributed by atoms with Crippen molar-refractivity contribution < 1.29 is 26.4 Å².